The van der Waals surface area contributed by atoms with E-state index in [4.69, 9.17) is 15.6 Å². The third-order valence-corrected chi connectivity index (χ3v) is 6.10. The van der Waals surface area contributed by atoms with Crippen molar-refractivity contribution in [1.29, 1.82) is 0 Å². The Balaban J connectivity index is 0.000000538. The van der Waals surface area contributed by atoms with Gasteiger partial charge in [-0.2, -0.15) is 5.10 Å². The Bertz CT molecular complexity index is 933. The summed E-state index contributed by atoms with van der Waals surface area (Å²) in [6, 6.07) is 1.71. The number of pyridine rings is 1. The van der Waals surface area contributed by atoms with Crippen molar-refractivity contribution in [3.8, 4) is 5.69 Å². The number of hydrogen-bond acceptors (Lipinski definition) is 5. The maximum absolute atomic E-state index is 14.8. The number of aryl methyl sites for hydroxylation is 1. The van der Waals surface area contributed by atoms with Gasteiger partial charge in [0.15, 0.2) is 11.6 Å². The standard InChI is InChI=1S/C22H30FN5.C4H8O.C2H6/c1-5-7-19(15(3)4)21-16(6-2)14-28(26-21)18-12-20(23)22(25-13-18)27-10-8-17(24)9-11-27;1-2-4-5-3-1;1-2/h5,7,12-15,17H,1,6,8-11,24H2,2-4H3;1-4H2;1-2H3/b19-7+;;. The quantitative estimate of drug-likeness (QED) is 0.513. The predicted molar refractivity (Wildman–Crippen MR) is 145 cm³/mol. The lowest BCUT2D eigenvalue weighted by atomic mass is 9.96. The third kappa shape index (κ3) is 8.00. The number of ether oxygens (including phenoxy) is 1. The second kappa shape index (κ2) is 14.8. The molecule has 2 fully saturated rings. The molecular weight excluding hydrogens is 441 g/mol. The number of nitrogens with zero attached hydrogens (tertiary/aromatic N) is 4. The highest BCUT2D eigenvalue weighted by Crippen LogP contribution is 2.28. The summed E-state index contributed by atoms with van der Waals surface area (Å²) in [5.74, 6) is 0.385. The van der Waals surface area contributed by atoms with E-state index >= 15 is 0 Å². The summed E-state index contributed by atoms with van der Waals surface area (Å²) >= 11 is 0. The number of allylic oxidation sites excluding steroid dienone is 3. The molecule has 7 heteroatoms. The molecule has 0 saturated carbocycles. The Morgan fingerprint density at radius 2 is 1.91 bits per heavy atom. The molecule has 35 heavy (non-hydrogen) atoms. The van der Waals surface area contributed by atoms with Gasteiger partial charge in [-0.15, -0.1) is 0 Å². The monoisotopic (exact) mass is 485 g/mol. The SMILES string of the molecule is C1CCOC1.C=C/C=C(/c1nn(-c2cnc(N3CCC(N)CC3)c(F)c2)cc1CC)C(C)C.CC. The van der Waals surface area contributed by atoms with Crippen molar-refractivity contribution in [3.05, 3.63) is 54.3 Å². The lowest BCUT2D eigenvalue weighted by molar-refractivity contribution is 0.198. The molecule has 2 aromatic heterocycles. The van der Waals surface area contributed by atoms with E-state index in [2.05, 4.69) is 32.3 Å². The molecule has 2 saturated heterocycles. The normalized spacial score (nSPS) is 16.5. The highest BCUT2D eigenvalue weighted by Gasteiger charge is 2.21. The van der Waals surface area contributed by atoms with Gasteiger partial charge in [-0.3, -0.25) is 0 Å². The molecule has 0 unspecified atom stereocenters. The first kappa shape index (κ1) is 28.7. The number of anilines is 1. The van der Waals surface area contributed by atoms with Crippen LogP contribution in [0.3, 0.4) is 0 Å². The lowest BCUT2D eigenvalue weighted by Gasteiger charge is -2.31. The Labute approximate surface area is 211 Å². The van der Waals surface area contributed by atoms with Gasteiger partial charge in [-0.1, -0.05) is 53.3 Å². The smallest absolute Gasteiger partial charge is 0.167 e. The molecule has 6 nitrogen and oxygen atoms in total. The molecule has 0 atom stereocenters. The average Bonchev–Trinajstić information content (AvgIpc) is 3.58. The van der Waals surface area contributed by atoms with E-state index in [1.165, 1.54) is 18.9 Å². The molecular formula is C28H44FN5O. The topological polar surface area (TPSA) is 69.2 Å². The Morgan fingerprint density at radius 3 is 2.40 bits per heavy atom. The van der Waals surface area contributed by atoms with Crippen LogP contribution in [0.25, 0.3) is 11.3 Å². The van der Waals surface area contributed by atoms with Crippen LogP contribution in [-0.4, -0.2) is 47.1 Å². The summed E-state index contributed by atoms with van der Waals surface area (Å²) in [6.07, 6.45) is 12.6. The molecule has 4 rings (SSSR count). The summed E-state index contributed by atoms with van der Waals surface area (Å²) in [5.41, 5.74) is 9.75. The summed E-state index contributed by atoms with van der Waals surface area (Å²) in [5, 5.41) is 4.75. The zero-order valence-corrected chi connectivity index (χ0v) is 22.3. The maximum atomic E-state index is 14.8. The van der Waals surface area contributed by atoms with Crippen LogP contribution >= 0.6 is 0 Å². The first-order valence-electron chi connectivity index (χ1n) is 13.1. The minimum Gasteiger partial charge on any atom is -0.381 e. The molecule has 2 aromatic rings. The van der Waals surface area contributed by atoms with Crippen molar-refractivity contribution in [1.82, 2.24) is 14.8 Å². The van der Waals surface area contributed by atoms with Gasteiger partial charge in [0.25, 0.3) is 0 Å². The fraction of sp³-hybridized carbons (Fsp3) is 0.571. The molecule has 2 aliphatic rings. The van der Waals surface area contributed by atoms with Gasteiger partial charge in [-0.05, 0) is 49.2 Å². The van der Waals surface area contributed by atoms with Crippen LogP contribution in [0.1, 0.15) is 71.6 Å². The summed E-state index contributed by atoms with van der Waals surface area (Å²) in [7, 11) is 0. The van der Waals surface area contributed by atoms with Crippen molar-refractivity contribution in [2.75, 3.05) is 31.2 Å². The van der Waals surface area contributed by atoms with Gasteiger partial charge in [0.1, 0.15) is 0 Å². The Hall–Kier alpha value is -2.51. The van der Waals surface area contributed by atoms with Gasteiger partial charge in [0.05, 0.1) is 17.6 Å². The van der Waals surface area contributed by atoms with Crippen molar-refractivity contribution < 1.29 is 9.13 Å². The molecule has 0 radical (unpaired) electrons. The summed E-state index contributed by atoms with van der Waals surface area (Å²) in [4.78, 5) is 6.37. The van der Waals surface area contributed by atoms with Crippen molar-refractivity contribution in [3.63, 3.8) is 0 Å². The number of hydrogen-bond donors (Lipinski definition) is 1. The fourth-order valence-electron chi connectivity index (χ4n) is 4.12. The Kier molecular flexibility index (Phi) is 12.1. The molecule has 194 valence electrons. The molecule has 0 amide bonds. The summed E-state index contributed by atoms with van der Waals surface area (Å²) < 4.78 is 21.5. The van der Waals surface area contributed by atoms with E-state index < -0.39 is 0 Å². The van der Waals surface area contributed by atoms with E-state index in [1.54, 1.807) is 17.0 Å². The van der Waals surface area contributed by atoms with E-state index in [1.807, 2.05) is 31.0 Å². The second-order valence-corrected chi connectivity index (χ2v) is 8.96. The Morgan fingerprint density at radius 1 is 1.26 bits per heavy atom. The number of rotatable bonds is 6. The number of aromatic nitrogens is 3. The molecule has 4 heterocycles. The third-order valence-electron chi connectivity index (χ3n) is 6.10. The van der Waals surface area contributed by atoms with E-state index in [-0.39, 0.29) is 11.9 Å². The minimum absolute atomic E-state index is 0.201. The number of nitrogens with two attached hydrogens (primary N) is 1. The minimum atomic E-state index is -0.325. The predicted octanol–water partition coefficient (Wildman–Crippen LogP) is 5.94. The van der Waals surface area contributed by atoms with Crippen LogP contribution < -0.4 is 10.6 Å². The lowest BCUT2D eigenvalue weighted by Crippen LogP contribution is -2.40. The fourth-order valence-corrected chi connectivity index (χ4v) is 4.12. The van der Waals surface area contributed by atoms with Gasteiger partial charge in [0.2, 0.25) is 0 Å². The van der Waals surface area contributed by atoms with Gasteiger partial charge in [0, 0.05) is 44.6 Å². The largest absolute Gasteiger partial charge is 0.381 e. The average molecular weight is 486 g/mol. The molecule has 0 spiro atoms. The summed E-state index contributed by atoms with van der Waals surface area (Å²) in [6.45, 7) is 17.7. The number of piperidine rings is 1. The highest BCUT2D eigenvalue weighted by atomic mass is 19.1. The van der Waals surface area contributed by atoms with Crippen molar-refractivity contribution in [2.45, 2.75) is 72.8 Å². The van der Waals surface area contributed by atoms with Crippen molar-refractivity contribution >= 4 is 11.4 Å². The van der Waals surface area contributed by atoms with Crippen molar-refractivity contribution in [2.24, 2.45) is 11.7 Å². The zero-order valence-electron chi connectivity index (χ0n) is 22.3. The first-order chi connectivity index (χ1) is 16.9. The number of halogens is 1. The zero-order chi connectivity index (χ0) is 25.8. The maximum Gasteiger partial charge on any atom is 0.167 e. The van der Waals surface area contributed by atoms with Crippen LogP contribution in [0.4, 0.5) is 10.2 Å². The molecule has 2 aliphatic heterocycles. The van der Waals surface area contributed by atoms with Crippen LogP contribution in [0.15, 0.2) is 37.2 Å². The van der Waals surface area contributed by atoms with Crippen LogP contribution in [-0.2, 0) is 11.2 Å². The van der Waals surface area contributed by atoms with Gasteiger partial charge >= 0.3 is 0 Å². The molecule has 0 aliphatic carbocycles. The van der Waals surface area contributed by atoms with E-state index in [0.29, 0.717) is 17.4 Å². The van der Waals surface area contributed by atoms with Gasteiger partial charge in [-0.25, -0.2) is 14.1 Å². The van der Waals surface area contributed by atoms with E-state index in [0.717, 1.165) is 62.4 Å². The highest BCUT2D eigenvalue weighted by molar-refractivity contribution is 5.68. The second-order valence-electron chi connectivity index (χ2n) is 8.96. The van der Waals surface area contributed by atoms with E-state index in [9.17, 15) is 4.39 Å². The van der Waals surface area contributed by atoms with Gasteiger partial charge < -0.3 is 15.4 Å². The van der Waals surface area contributed by atoms with Crippen LogP contribution in [0, 0.1) is 11.7 Å². The molecule has 2 N–H and O–H groups in total. The molecule has 0 aromatic carbocycles. The first-order valence-corrected chi connectivity index (χ1v) is 13.1. The van der Waals surface area contributed by atoms with Crippen LogP contribution in [0.5, 0.6) is 0 Å². The van der Waals surface area contributed by atoms with Crippen LogP contribution in [0.2, 0.25) is 0 Å². The molecule has 0 bridgehead atoms.